The summed E-state index contributed by atoms with van der Waals surface area (Å²) in [6.45, 7) is 0.739. The summed E-state index contributed by atoms with van der Waals surface area (Å²) in [5.74, 6) is 0.325. The molecule has 4 N–H and O–H groups in total. The quantitative estimate of drug-likeness (QED) is 0.620. The number of nitrogens with two attached hydrogens (primary N) is 1. The van der Waals surface area contributed by atoms with Crippen LogP contribution in [0.1, 0.15) is 38.5 Å². The normalized spacial score (nSPS) is 26.3. The Morgan fingerprint density at radius 3 is 2.80 bits per heavy atom. The average Bonchev–Trinajstić information content (AvgIpc) is 2.27. The van der Waals surface area contributed by atoms with Gasteiger partial charge in [-0.25, -0.2) is 0 Å². The number of hydrogen-bond acceptors (Lipinski definition) is 3. The fourth-order valence-electron chi connectivity index (χ4n) is 2.16. The molecule has 1 amide bonds. The van der Waals surface area contributed by atoms with Crippen molar-refractivity contribution in [1.82, 2.24) is 5.32 Å². The maximum absolute atomic E-state index is 11.5. The maximum Gasteiger partial charge on any atom is 0.220 e. The lowest BCUT2D eigenvalue weighted by Crippen LogP contribution is -2.43. The molecular weight excluding hydrogens is 192 g/mol. The van der Waals surface area contributed by atoms with Gasteiger partial charge in [-0.3, -0.25) is 4.79 Å². The van der Waals surface area contributed by atoms with Crippen LogP contribution in [0.25, 0.3) is 0 Å². The lowest BCUT2D eigenvalue weighted by Gasteiger charge is -2.30. The fraction of sp³-hybridized carbons (Fsp3) is 0.909. The molecular formula is C11H22N2O2. The van der Waals surface area contributed by atoms with E-state index < -0.39 is 0 Å². The summed E-state index contributed by atoms with van der Waals surface area (Å²) in [6.07, 6.45) is 5.59. The predicted molar refractivity (Wildman–Crippen MR) is 59.3 cm³/mol. The molecule has 1 fully saturated rings. The van der Waals surface area contributed by atoms with Crippen LogP contribution in [0.4, 0.5) is 0 Å². The first-order chi connectivity index (χ1) is 7.27. The monoisotopic (exact) mass is 214 g/mol. The Bertz CT molecular complexity index is 197. The molecule has 0 aromatic carbocycles. The average molecular weight is 214 g/mol. The Labute approximate surface area is 91.2 Å². The number of rotatable bonds is 5. The second kappa shape index (κ2) is 6.80. The fourth-order valence-corrected chi connectivity index (χ4v) is 2.16. The number of amides is 1. The molecule has 0 spiro atoms. The van der Waals surface area contributed by atoms with Gasteiger partial charge in [-0.2, -0.15) is 0 Å². The zero-order valence-corrected chi connectivity index (χ0v) is 9.24. The summed E-state index contributed by atoms with van der Waals surface area (Å²) in [4.78, 5) is 11.5. The maximum atomic E-state index is 11.5. The highest BCUT2D eigenvalue weighted by Gasteiger charge is 2.25. The number of carbonyl (C=O) groups excluding carboxylic acids is 1. The van der Waals surface area contributed by atoms with Crippen molar-refractivity contribution >= 4 is 5.91 Å². The van der Waals surface area contributed by atoms with Gasteiger partial charge in [-0.05, 0) is 25.8 Å². The third kappa shape index (κ3) is 4.18. The molecule has 0 aromatic rings. The molecule has 0 radical (unpaired) electrons. The van der Waals surface area contributed by atoms with Crippen molar-refractivity contribution < 1.29 is 9.90 Å². The van der Waals surface area contributed by atoms with Gasteiger partial charge in [-0.1, -0.05) is 12.8 Å². The van der Waals surface area contributed by atoms with Gasteiger partial charge < -0.3 is 16.2 Å². The van der Waals surface area contributed by atoms with E-state index in [-0.39, 0.29) is 24.5 Å². The minimum absolute atomic E-state index is 0.0748. The van der Waals surface area contributed by atoms with Crippen LogP contribution in [0.3, 0.4) is 0 Å². The first-order valence-corrected chi connectivity index (χ1v) is 5.88. The van der Waals surface area contributed by atoms with Crippen LogP contribution in [0.5, 0.6) is 0 Å². The third-order valence-electron chi connectivity index (χ3n) is 3.10. The van der Waals surface area contributed by atoms with Crippen molar-refractivity contribution in [3.05, 3.63) is 0 Å². The SMILES string of the molecule is NCCCC(=O)NC1CCCCC1CO. The van der Waals surface area contributed by atoms with E-state index in [1.54, 1.807) is 0 Å². The van der Waals surface area contributed by atoms with Gasteiger partial charge in [0, 0.05) is 25.0 Å². The Kier molecular flexibility index (Phi) is 5.65. The highest BCUT2D eigenvalue weighted by Crippen LogP contribution is 2.23. The van der Waals surface area contributed by atoms with Crippen molar-refractivity contribution in [3.63, 3.8) is 0 Å². The molecule has 1 aliphatic rings. The second-order valence-electron chi connectivity index (χ2n) is 4.29. The van der Waals surface area contributed by atoms with Crippen LogP contribution < -0.4 is 11.1 Å². The smallest absolute Gasteiger partial charge is 0.220 e. The summed E-state index contributed by atoms with van der Waals surface area (Å²) in [7, 11) is 0. The van der Waals surface area contributed by atoms with Gasteiger partial charge in [0.15, 0.2) is 0 Å². The Morgan fingerprint density at radius 2 is 2.13 bits per heavy atom. The molecule has 0 heterocycles. The summed E-state index contributed by atoms with van der Waals surface area (Å²) >= 11 is 0. The molecule has 1 saturated carbocycles. The van der Waals surface area contributed by atoms with Crippen LogP contribution >= 0.6 is 0 Å². The molecule has 88 valence electrons. The van der Waals surface area contributed by atoms with Crippen LogP contribution in [0, 0.1) is 5.92 Å². The first-order valence-electron chi connectivity index (χ1n) is 5.88. The van der Waals surface area contributed by atoms with Crippen molar-refractivity contribution in [2.45, 2.75) is 44.6 Å². The number of nitrogens with one attached hydrogen (secondary N) is 1. The van der Waals surface area contributed by atoms with Crippen molar-refractivity contribution in [2.75, 3.05) is 13.2 Å². The van der Waals surface area contributed by atoms with E-state index in [0.717, 1.165) is 25.7 Å². The minimum Gasteiger partial charge on any atom is -0.396 e. The molecule has 0 saturated heterocycles. The number of aliphatic hydroxyl groups excluding tert-OH is 1. The molecule has 1 aliphatic carbocycles. The lowest BCUT2D eigenvalue weighted by atomic mass is 9.85. The Morgan fingerprint density at radius 1 is 1.40 bits per heavy atom. The molecule has 1 rings (SSSR count). The molecule has 0 bridgehead atoms. The summed E-state index contributed by atoms with van der Waals surface area (Å²) in [5.41, 5.74) is 5.34. The van der Waals surface area contributed by atoms with Crippen molar-refractivity contribution in [2.24, 2.45) is 11.7 Å². The second-order valence-corrected chi connectivity index (χ2v) is 4.29. The number of aliphatic hydroxyl groups is 1. The highest BCUT2D eigenvalue weighted by molar-refractivity contribution is 5.76. The molecule has 4 heteroatoms. The zero-order valence-electron chi connectivity index (χ0n) is 9.24. The van der Waals surface area contributed by atoms with E-state index in [0.29, 0.717) is 13.0 Å². The van der Waals surface area contributed by atoms with Crippen LogP contribution in [-0.2, 0) is 4.79 Å². The highest BCUT2D eigenvalue weighted by atomic mass is 16.3. The standard InChI is InChI=1S/C11H22N2O2/c12-7-3-6-11(15)13-10-5-2-1-4-9(10)8-14/h9-10,14H,1-8,12H2,(H,13,15). The summed E-state index contributed by atoms with van der Waals surface area (Å²) in [6, 6.07) is 0.175. The zero-order chi connectivity index (χ0) is 11.1. The lowest BCUT2D eigenvalue weighted by molar-refractivity contribution is -0.122. The molecule has 0 aliphatic heterocycles. The minimum atomic E-state index is 0.0748. The van der Waals surface area contributed by atoms with Gasteiger partial charge >= 0.3 is 0 Å². The van der Waals surface area contributed by atoms with E-state index in [4.69, 9.17) is 5.73 Å². The number of carbonyl (C=O) groups is 1. The molecule has 4 nitrogen and oxygen atoms in total. The molecule has 0 aromatic heterocycles. The van der Waals surface area contributed by atoms with Crippen LogP contribution in [0.2, 0.25) is 0 Å². The third-order valence-corrected chi connectivity index (χ3v) is 3.10. The van der Waals surface area contributed by atoms with Crippen molar-refractivity contribution in [3.8, 4) is 0 Å². The summed E-state index contributed by atoms with van der Waals surface area (Å²) < 4.78 is 0. The van der Waals surface area contributed by atoms with E-state index in [2.05, 4.69) is 5.32 Å². The topological polar surface area (TPSA) is 75.4 Å². The predicted octanol–water partition coefficient (Wildman–Crippen LogP) is 0.393. The molecule has 2 unspecified atom stereocenters. The van der Waals surface area contributed by atoms with Crippen LogP contribution in [0.15, 0.2) is 0 Å². The van der Waals surface area contributed by atoms with Gasteiger partial charge in [-0.15, -0.1) is 0 Å². The van der Waals surface area contributed by atoms with Crippen LogP contribution in [-0.4, -0.2) is 30.2 Å². The molecule has 15 heavy (non-hydrogen) atoms. The van der Waals surface area contributed by atoms with E-state index in [1.807, 2.05) is 0 Å². The van der Waals surface area contributed by atoms with Gasteiger partial charge in [0.2, 0.25) is 5.91 Å². The van der Waals surface area contributed by atoms with E-state index >= 15 is 0 Å². The van der Waals surface area contributed by atoms with Gasteiger partial charge in [0.05, 0.1) is 0 Å². The Hall–Kier alpha value is -0.610. The molecule has 2 atom stereocenters. The Balaban J connectivity index is 2.30. The summed E-state index contributed by atoms with van der Waals surface area (Å²) in [5, 5.41) is 12.2. The van der Waals surface area contributed by atoms with Gasteiger partial charge in [0.25, 0.3) is 0 Å². The van der Waals surface area contributed by atoms with Gasteiger partial charge in [0.1, 0.15) is 0 Å². The number of hydrogen-bond donors (Lipinski definition) is 3. The van der Waals surface area contributed by atoms with E-state index in [9.17, 15) is 9.90 Å². The van der Waals surface area contributed by atoms with Crippen molar-refractivity contribution in [1.29, 1.82) is 0 Å². The first kappa shape index (κ1) is 12.5. The largest absolute Gasteiger partial charge is 0.396 e. The van der Waals surface area contributed by atoms with E-state index in [1.165, 1.54) is 6.42 Å².